The molecule has 1 N–H and O–H groups in total. The zero-order valence-corrected chi connectivity index (χ0v) is 16.8. The number of hydrogen-bond acceptors (Lipinski definition) is 3. The van der Waals surface area contributed by atoms with Gasteiger partial charge < -0.3 is 0 Å². The summed E-state index contributed by atoms with van der Waals surface area (Å²) in [5.41, 5.74) is 6.37. The van der Waals surface area contributed by atoms with E-state index >= 15 is 0 Å². The van der Waals surface area contributed by atoms with E-state index in [1.165, 1.54) is 6.33 Å². The minimum absolute atomic E-state index is 0.771. The van der Waals surface area contributed by atoms with Crippen molar-refractivity contribution in [3.05, 3.63) is 114 Å². The summed E-state index contributed by atoms with van der Waals surface area (Å²) in [7, 11) is 0. The van der Waals surface area contributed by atoms with Crippen LogP contribution in [0.1, 0.15) is 22.4 Å². The van der Waals surface area contributed by atoms with Gasteiger partial charge in [0.1, 0.15) is 6.33 Å². The molecule has 0 aliphatic rings. The molecular formula is C27H20N4. The Hall–Kier alpha value is -4.31. The van der Waals surface area contributed by atoms with Gasteiger partial charge in [0, 0.05) is 10.9 Å². The summed E-state index contributed by atoms with van der Waals surface area (Å²) >= 11 is 0. The topological polar surface area (TPSA) is 54.5 Å². The van der Waals surface area contributed by atoms with Gasteiger partial charge in [0.15, 0.2) is 5.82 Å². The smallest absolute Gasteiger partial charge is 0.155 e. The predicted octanol–water partition coefficient (Wildman–Crippen LogP) is 6.36. The number of fused-ring (bicyclic) bond motifs is 1. The first kappa shape index (κ1) is 18.7. The second-order valence-corrected chi connectivity index (χ2v) is 7.22. The Kier molecular flexibility index (Phi) is 5.18. The molecule has 0 fully saturated rings. The van der Waals surface area contributed by atoms with Crippen LogP contribution in [0.5, 0.6) is 0 Å². The number of rotatable bonds is 5. The van der Waals surface area contributed by atoms with Crippen molar-refractivity contribution in [3.63, 3.8) is 0 Å². The summed E-state index contributed by atoms with van der Waals surface area (Å²) in [6, 6.07) is 29.0. The number of aromatic amines is 1. The molecule has 4 nitrogen and oxygen atoms in total. The minimum atomic E-state index is 0.771. The molecule has 0 spiro atoms. The highest BCUT2D eigenvalue weighted by Crippen LogP contribution is 2.18. The van der Waals surface area contributed by atoms with E-state index in [9.17, 15) is 0 Å². The average Bonchev–Trinajstić information content (AvgIpc) is 3.37. The molecule has 5 aromatic rings. The molecule has 148 valence electrons. The fourth-order valence-electron chi connectivity index (χ4n) is 3.40. The van der Waals surface area contributed by atoms with Crippen molar-refractivity contribution in [2.24, 2.45) is 0 Å². The Morgan fingerprint density at radius 3 is 2.23 bits per heavy atom. The monoisotopic (exact) mass is 400 g/mol. The lowest BCUT2D eigenvalue weighted by Crippen LogP contribution is -1.83. The van der Waals surface area contributed by atoms with Crippen molar-refractivity contribution < 1.29 is 0 Å². The number of H-pyrrole nitrogens is 1. The van der Waals surface area contributed by atoms with Gasteiger partial charge in [0.25, 0.3) is 0 Å². The van der Waals surface area contributed by atoms with Crippen molar-refractivity contribution in [2.45, 2.75) is 0 Å². The summed E-state index contributed by atoms with van der Waals surface area (Å²) in [5, 5.41) is 7.97. The largest absolute Gasteiger partial charge is 0.259 e. The lowest BCUT2D eigenvalue weighted by Gasteiger charge is -2.00. The Morgan fingerprint density at radius 1 is 0.645 bits per heavy atom. The highest BCUT2D eigenvalue weighted by Gasteiger charge is 2.00. The Labute approximate surface area is 180 Å². The quantitative estimate of drug-likeness (QED) is 0.349. The molecule has 2 heterocycles. The van der Waals surface area contributed by atoms with Crippen LogP contribution >= 0.6 is 0 Å². The molecule has 0 unspecified atom stereocenters. The Bertz CT molecular complexity index is 1360. The van der Waals surface area contributed by atoms with Crippen LogP contribution in [0.15, 0.2) is 91.3 Å². The highest BCUT2D eigenvalue weighted by molar-refractivity contribution is 5.81. The molecule has 5 rings (SSSR count). The van der Waals surface area contributed by atoms with Crippen molar-refractivity contribution in [3.8, 4) is 11.4 Å². The van der Waals surface area contributed by atoms with Crippen molar-refractivity contribution >= 4 is 35.2 Å². The number of para-hydroxylation sites is 1. The number of nitrogens with one attached hydrogen (secondary N) is 1. The van der Waals surface area contributed by atoms with Crippen LogP contribution in [0, 0.1) is 0 Å². The van der Waals surface area contributed by atoms with E-state index in [1.54, 1.807) is 0 Å². The Balaban J connectivity index is 1.28. The maximum atomic E-state index is 4.69. The van der Waals surface area contributed by atoms with Crippen LogP contribution in [-0.2, 0) is 0 Å². The fraction of sp³-hybridized carbons (Fsp3) is 0. The molecule has 0 saturated carbocycles. The third-order valence-corrected chi connectivity index (χ3v) is 5.05. The Morgan fingerprint density at radius 2 is 1.42 bits per heavy atom. The lowest BCUT2D eigenvalue weighted by molar-refractivity contribution is 1.10. The summed E-state index contributed by atoms with van der Waals surface area (Å²) in [4.78, 5) is 8.90. The van der Waals surface area contributed by atoms with Crippen LogP contribution in [0.4, 0.5) is 0 Å². The highest BCUT2D eigenvalue weighted by atomic mass is 15.2. The normalized spacial score (nSPS) is 11.6. The summed E-state index contributed by atoms with van der Waals surface area (Å²) < 4.78 is 0. The van der Waals surface area contributed by atoms with Crippen LogP contribution in [0.25, 0.3) is 46.6 Å². The first-order valence-corrected chi connectivity index (χ1v) is 10.1. The van der Waals surface area contributed by atoms with Crippen molar-refractivity contribution in [2.75, 3.05) is 0 Å². The maximum absolute atomic E-state index is 4.69. The molecule has 0 amide bonds. The summed E-state index contributed by atoms with van der Waals surface area (Å²) in [6.45, 7) is 0. The van der Waals surface area contributed by atoms with Gasteiger partial charge in [-0.2, -0.15) is 5.10 Å². The number of pyridine rings is 1. The van der Waals surface area contributed by atoms with Gasteiger partial charge >= 0.3 is 0 Å². The first-order valence-electron chi connectivity index (χ1n) is 10.1. The summed E-state index contributed by atoms with van der Waals surface area (Å²) in [5.74, 6) is 0.771. The maximum Gasteiger partial charge on any atom is 0.155 e. The molecule has 0 radical (unpaired) electrons. The van der Waals surface area contributed by atoms with Gasteiger partial charge in [-0.05, 0) is 41.0 Å². The minimum Gasteiger partial charge on any atom is -0.259 e. The molecule has 3 aromatic carbocycles. The molecule has 0 aliphatic heterocycles. The van der Waals surface area contributed by atoms with Gasteiger partial charge in [-0.15, -0.1) is 0 Å². The molecule has 0 saturated heterocycles. The third-order valence-electron chi connectivity index (χ3n) is 5.05. The second-order valence-electron chi connectivity index (χ2n) is 7.22. The van der Waals surface area contributed by atoms with E-state index in [2.05, 4.69) is 86.9 Å². The fourth-order valence-corrected chi connectivity index (χ4v) is 3.40. The van der Waals surface area contributed by atoms with Gasteiger partial charge in [-0.3, -0.25) is 5.10 Å². The van der Waals surface area contributed by atoms with E-state index in [-0.39, 0.29) is 0 Å². The standard InChI is InChI=1S/C27H20N4/c1-2-7-26-23(5-1)15-17-25(30-26)16-14-21-10-8-20(9-11-21)12-13-22-4-3-6-24(18-22)27-28-19-29-31-27/h1-19H,(H,28,29,31)/b13-12+,16-14+. The molecule has 0 atom stereocenters. The molecular weight excluding hydrogens is 380 g/mol. The number of nitrogens with zero attached hydrogens (tertiary/aromatic N) is 3. The molecule has 2 aromatic heterocycles. The van der Waals surface area contributed by atoms with Crippen LogP contribution < -0.4 is 0 Å². The second kappa shape index (κ2) is 8.59. The summed E-state index contributed by atoms with van der Waals surface area (Å²) in [6.07, 6.45) is 9.86. The number of benzene rings is 3. The zero-order valence-electron chi connectivity index (χ0n) is 16.8. The van der Waals surface area contributed by atoms with E-state index < -0.39 is 0 Å². The zero-order chi connectivity index (χ0) is 20.9. The number of aromatic nitrogens is 4. The van der Waals surface area contributed by atoms with Gasteiger partial charge in [-0.1, -0.05) is 85.0 Å². The van der Waals surface area contributed by atoms with E-state index in [4.69, 9.17) is 0 Å². The van der Waals surface area contributed by atoms with E-state index in [0.717, 1.165) is 44.7 Å². The van der Waals surface area contributed by atoms with Crippen molar-refractivity contribution in [1.82, 2.24) is 20.2 Å². The molecule has 0 bridgehead atoms. The van der Waals surface area contributed by atoms with Crippen LogP contribution in [-0.4, -0.2) is 20.2 Å². The molecule has 31 heavy (non-hydrogen) atoms. The third kappa shape index (κ3) is 4.49. The SMILES string of the molecule is C(=C\c1cccc(-c2ncn[nH]2)c1)/c1ccc(/C=C/c2ccc3ccccc3n2)cc1. The van der Waals surface area contributed by atoms with Gasteiger partial charge in [0.2, 0.25) is 0 Å². The molecule has 4 heteroatoms. The van der Waals surface area contributed by atoms with Gasteiger partial charge in [0.05, 0.1) is 11.2 Å². The average molecular weight is 400 g/mol. The van der Waals surface area contributed by atoms with E-state index in [0.29, 0.717) is 0 Å². The first-order chi connectivity index (χ1) is 15.3. The lowest BCUT2D eigenvalue weighted by atomic mass is 10.1. The van der Waals surface area contributed by atoms with Crippen LogP contribution in [0.3, 0.4) is 0 Å². The van der Waals surface area contributed by atoms with Crippen molar-refractivity contribution in [1.29, 1.82) is 0 Å². The molecule has 0 aliphatic carbocycles. The number of hydrogen-bond donors (Lipinski definition) is 1. The van der Waals surface area contributed by atoms with E-state index in [1.807, 2.05) is 42.5 Å². The van der Waals surface area contributed by atoms with Crippen LogP contribution in [0.2, 0.25) is 0 Å². The van der Waals surface area contributed by atoms with Gasteiger partial charge in [-0.25, -0.2) is 9.97 Å². The predicted molar refractivity (Wildman–Crippen MR) is 128 cm³/mol.